The summed E-state index contributed by atoms with van der Waals surface area (Å²) in [6.07, 6.45) is 0. The van der Waals surface area contributed by atoms with E-state index in [1.165, 1.54) is 24.3 Å². The van der Waals surface area contributed by atoms with Crippen LogP contribution in [0.2, 0.25) is 0 Å². The van der Waals surface area contributed by atoms with Crippen LogP contribution in [0.1, 0.15) is 12.5 Å². The molecule has 0 radical (unpaired) electrons. The predicted molar refractivity (Wildman–Crippen MR) is 50.0 cm³/mol. The van der Waals surface area contributed by atoms with Gasteiger partial charge < -0.3 is 0 Å². The standard InChI is InChI=1S/C9H9NO3S/c1-2-13-14(11,12)9-5-3-8(7-10)4-6-9/h3-6H,2H2,1H3. The minimum Gasteiger partial charge on any atom is -0.267 e. The lowest BCUT2D eigenvalue weighted by Gasteiger charge is -2.02. The van der Waals surface area contributed by atoms with Crippen LogP contribution in [0.15, 0.2) is 29.2 Å². The molecule has 0 amide bonds. The zero-order valence-electron chi connectivity index (χ0n) is 7.60. The van der Waals surface area contributed by atoms with E-state index in [9.17, 15) is 8.42 Å². The van der Waals surface area contributed by atoms with Crippen LogP contribution in [0.25, 0.3) is 0 Å². The van der Waals surface area contributed by atoms with E-state index >= 15 is 0 Å². The van der Waals surface area contributed by atoms with E-state index in [1.54, 1.807) is 6.92 Å². The summed E-state index contributed by atoms with van der Waals surface area (Å²) in [5, 5.41) is 8.50. The average Bonchev–Trinajstić information content (AvgIpc) is 2.18. The van der Waals surface area contributed by atoms with Crippen LogP contribution in [0.5, 0.6) is 0 Å². The van der Waals surface area contributed by atoms with Gasteiger partial charge in [0.2, 0.25) is 0 Å². The molecule has 0 aliphatic rings. The summed E-state index contributed by atoms with van der Waals surface area (Å²) < 4.78 is 27.2. The van der Waals surface area contributed by atoms with Gasteiger partial charge in [-0.1, -0.05) is 0 Å². The second-order valence-electron chi connectivity index (χ2n) is 2.50. The molecule has 0 aliphatic heterocycles. The molecule has 0 aliphatic carbocycles. The molecule has 0 aromatic heterocycles. The van der Waals surface area contributed by atoms with E-state index in [0.717, 1.165) is 0 Å². The molecule has 5 heteroatoms. The van der Waals surface area contributed by atoms with Gasteiger partial charge in [0, 0.05) is 0 Å². The molecule has 1 aromatic rings. The average molecular weight is 211 g/mol. The van der Waals surface area contributed by atoms with Crippen LogP contribution in [0.4, 0.5) is 0 Å². The fourth-order valence-corrected chi connectivity index (χ4v) is 1.84. The highest BCUT2D eigenvalue weighted by molar-refractivity contribution is 7.86. The van der Waals surface area contributed by atoms with Crippen molar-refractivity contribution in [2.24, 2.45) is 0 Å². The number of nitrogens with zero attached hydrogens (tertiary/aromatic N) is 1. The van der Waals surface area contributed by atoms with E-state index in [2.05, 4.69) is 4.18 Å². The van der Waals surface area contributed by atoms with Crippen molar-refractivity contribution >= 4 is 10.1 Å². The fraction of sp³-hybridized carbons (Fsp3) is 0.222. The predicted octanol–water partition coefficient (Wildman–Crippen LogP) is 1.28. The van der Waals surface area contributed by atoms with Gasteiger partial charge in [0.1, 0.15) is 0 Å². The van der Waals surface area contributed by atoms with Gasteiger partial charge in [-0.3, -0.25) is 4.18 Å². The van der Waals surface area contributed by atoms with Gasteiger partial charge in [0.05, 0.1) is 23.1 Å². The molecule has 0 spiro atoms. The second-order valence-corrected chi connectivity index (χ2v) is 4.11. The van der Waals surface area contributed by atoms with Crippen molar-refractivity contribution in [2.75, 3.05) is 6.61 Å². The summed E-state index contributed by atoms with van der Waals surface area (Å²) in [5.74, 6) is 0. The fourth-order valence-electron chi connectivity index (χ4n) is 0.919. The van der Waals surface area contributed by atoms with Gasteiger partial charge in [-0.15, -0.1) is 0 Å². The van der Waals surface area contributed by atoms with Gasteiger partial charge >= 0.3 is 0 Å². The lowest BCUT2D eigenvalue weighted by Crippen LogP contribution is -2.05. The van der Waals surface area contributed by atoms with Crippen LogP contribution in [0, 0.1) is 11.3 Å². The normalized spacial score (nSPS) is 10.9. The summed E-state index contributed by atoms with van der Waals surface area (Å²) in [6, 6.07) is 7.48. The first-order chi connectivity index (χ1) is 6.60. The van der Waals surface area contributed by atoms with E-state index in [1.807, 2.05) is 6.07 Å². The Morgan fingerprint density at radius 3 is 2.36 bits per heavy atom. The van der Waals surface area contributed by atoms with E-state index < -0.39 is 10.1 Å². The Kier molecular flexibility index (Phi) is 3.23. The van der Waals surface area contributed by atoms with Gasteiger partial charge in [0.15, 0.2) is 0 Å². The molecule has 0 unspecified atom stereocenters. The summed E-state index contributed by atoms with van der Waals surface area (Å²) in [5.41, 5.74) is 0.417. The van der Waals surface area contributed by atoms with Gasteiger partial charge in [-0.05, 0) is 31.2 Å². The lowest BCUT2D eigenvalue weighted by molar-refractivity contribution is 0.338. The SMILES string of the molecule is CCOS(=O)(=O)c1ccc(C#N)cc1. The molecular weight excluding hydrogens is 202 g/mol. The van der Waals surface area contributed by atoms with Crippen LogP contribution >= 0.6 is 0 Å². The second kappa shape index (κ2) is 4.22. The highest BCUT2D eigenvalue weighted by Gasteiger charge is 2.13. The molecule has 0 saturated carbocycles. The molecule has 0 bridgehead atoms. The summed E-state index contributed by atoms with van der Waals surface area (Å²) >= 11 is 0. The lowest BCUT2D eigenvalue weighted by atomic mass is 10.2. The molecule has 14 heavy (non-hydrogen) atoms. The number of benzene rings is 1. The van der Waals surface area contributed by atoms with Crippen LogP contribution in [0.3, 0.4) is 0 Å². The quantitative estimate of drug-likeness (QED) is 0.706. The van der Waals surface area contributed by atoms with Crippen LogP contribution < -0.4 is 0 Å². The minimum absolute atomic E-state index is 0.0679. The third kappa shape index (κ3) is 2.31. The first-order valence-corrected chi connectivity index (χ1v) is 5.40. The minimum atomic E-state index is -3.64. The maximum atomic E-state index is 11.3. The van der Waals surface area contributed by atoms with Gasteiger partial charge in [-0.25, -0.2) is 0 Å². The van der Waals surface area contributed by atoms with E-state index in [0.29, 0.717) is 5.56 Å². The van der Waals surface area contributed by atoms with Crippen molar-refractivity contribution < 1.29 is 12.6 Å². The van der Waals surface area contributed by atoms with Crippen molar-refractivity contribution in [1.82, 2.24) is 0 Å². The highest BCUT2D eigenvalue weighted by atomic mass is 32.2. The molecule has 0 fully saturated rings. The summed E-state index contributed by atoms with van der Waals surface area (Å²) in [7, 11) is -3.64. The number of hydrogen-bond donors (Lipinski definition) is 0. The van der Waals surface area contributed by atoms with Crippen molar-refractivity contribution in [3.63, 3.8) is 0 Å². The summed E-state index contributed by atoms with van der Waals surface area (Å²) in [4.78, 5) is 0.0679. The molecule has 4 nitrogen and oxygen atoms in total. The number of nitriles is 1. The maximum Gasteiger partial charge on any atom is 0.296 e. The molecule has 0 atom stereocenters. The molecule has 0 saturated heterocycles. The Morgan fingerprint density at radius 2 is 1.93 bits per heavy atom. The van der Waals surface area contributed by atoms with E-state index in [4.69, 9.17) is 5.26 Å². The first-order valence-electron chi connectivity index (χ1n) is 3.99. The zero-order valence-corrected chi connectivity index (χ0v) is 8.41. The van der Waals surface area contributed by atoms with Gasteiger partial charge in [-0.2, -0.15) is 13.7 Å². The van der Waals surface area contributed by atoms with Crippen molar-refractivity contribution in [2.45, 2.75) is 11.8 Å². The Morgan fingerprint density at radius 1 is 1.36 bits per heavy atom. The van der Waals surface area contributed by atoms with Crippen LogP contribution in [-0.4, -0.2) is 15.0 Å². The van der Waals surface area contributed by atoms with Crippen molar-refractivity contribution in [1.29, 1.82) is 5.26 Å². The Bertz CT molecular complexity index is 442. The Hall–Kier alpha value is -1.38. The van der Waals surface area contributed by atoms with E-state index in [-0.39, 0.29) is 11.5 Å². The smallest absolute Gasteiger partial charge is 0.267 e. The third-order valence-electron chi connectivity index (χ3n) is 1.55. The Labute approximate surface area is 82.9 Å². The molecule has 74 valence electrons. The Balaban J connectivity index is 3.05. The maximum absolute atomic E-state index is 11.3. The summed E-state index contributed by atoms with van der Waals surface area (Å²) in [6.45, 7) is 1.70. The highest BCUT2D eigenvalue weighted by Crippen LogP contribution is 2.12. The molecule has 1 aromatic carbocycles. The largest absolute Gasteiger partial charge is 0.296 e. The zero-order chi connectivity index (χ0) is 10.6. The third-order valence-corrected chi connectivity index (χ3v) is 2.94. The molecule has 1 rings (SSSR count). The number of hydrogen-bond acceptors (Lipinski definition) is 4. The topological polar surface area (TPSA) is 67.2 Å². The monoisotopic (exact) mass is 211 g/mol. The van der Waals surface area contributed by atoms with Crippen LogP contribution in [-0.2, 0) is 14.3 Å². The number of rotatable bonds is 3. The molecular formula is C9H9NO3S. The van der Waals surface area contributed by atoms with Crippen molar-refractivity contribution in [3.8, 4) is 6.07 Å². The first kappa shape index (κ1) is 10.7. The van der Waals surface area contributed by atoms with Gasteiger partial charge in [0.25, 0.3) is 10.1 Å². The molecule has 0 heterocycles. The molecule has 0 N–H and O–H groups in total. The van der Waals surface area contributed by atoms with Crippen molar-refractivity contribution in [3.05, 3.63) is 29.8 Å².